The number of aliphatic hydroxyl groups is 1. The zero-order valence-electron chi connectivity index (χ0n) is 11.9. The van der Waals surface area contributed by atoms with E-state index in [9.17, 15) is 18.3 Å². The standard InChI is InChI=1S/C16H21F3O/c1-10-6-7-13(8-11(10)2)15(20)12-4-3-5-14(9-12)16(17,18)19/h6-8,12,14-15,20H,3-5,9H2,1-2H3. The van der Waals surface area contributed by atoms with E-state index < -0.39 is 18.2 Å². The largest absolute Gasteiger partial charge is 0.391 e. The fourth-order valence-electron chi connectivity index (χ4n) is 3.03. The molecule has 0 heterocycles. The van der Waals surface area contributed by atoms with Gasteiger partial charge < -0.3 is 5.11 Å². The van der Waals surface area contributed by atoms with E-state index >= 15 is 0 Å². The van der Waals surface area contributed by atoms with Gasteiger partial charge in [0.15, 0.2) is 0 Å². The van der Waals surface area contributed by atoms with Crippen molar-refractivity contribution in [1.29, 1.82) is 0 Å². The first-order valence-corrected chi connectivity index (χ1v) is 7.11. The second-order valence-corrected chi connectivity index (χ2v) is 5.95. The summed E-state index contributed by atoms with van der Waals surface area (Å²) in [5, 5.41) is 10.4. The molecule has 0 amide bonds. The molecule has 3 atom stereocenters. The Bertz CT molecular complexity index is 467. The van der Waals surface area contributed by atoms with E-state index in [0.717, 1.165) is 16.7 Å². The number of hydrogen-bond donors (Lipinski definition) is 1. The van der Waals surface area contributed by atoms with Crippen molar-refractivity contribution >= 4 is 0 Å². The van der Waals surface area contributed by atoms with Crippen LogP contribution in [0.15, 0.2) is 18.2 Å². The Kier molecular flexibility index (Phi) is 4.43. The lowest BCUT2D eigenvalue weighted by Crippen LogP contribution is -2.31. The van der Waals surface area contributed by atoms with Crippen LogP contribution in [0, 0.1) is 25.7 Å². The average Bonchev–Trinajstić information content (AvgIpc) is 2.40. The van der Waals surface area contributed by atoms with E-state index in [4.69, 9.17) is 0 Å². The molecule has 1 saturated carbocycles. The molecular formula is C16H21F3O. The highest BCUT2D eigenvalue weighted by Gasteiger charge is 2.43. The van der Waals surface area contributed by atoms with E-state index in [1.54, 1.807) is 0 Å². The van der Waals surface area contributed by atoms with Gasteiger partial charge >= 0.3 is 6.18 Å². The van der Waals surface area contributed by atoms with Crippen LogP contribution in [0.1, 0.15) is 48.5 Å². The first-order chi connectivity index (χ1) is 9.29. The van der Waals surface area contributed by atoms with Gasteiger partial charge in [-0.15, -0.1) is 0 Å². The summed E-state index contributed by atoms with van der Waals surface area (Å²) in [7, 11) is 0. The summed E-state index contributed by atoms with van der Waals surface area (Å²) in [6.45, 7) is 3.93. The highest BCUT2D eigenvalue weighted by molar-refractivity contribution is 5.31. The summed E-state index contributed by atoms with van der Waals surface area (Å²) in [4.78, 5) is 0. The molecule has 1 aromatic rings. The smallest absolute Gasteiger partial charge is 0.388 e. The minimum absolute atomic E-state index is 0.0393. The third-order valence-corrected chi connectivity index (χ3v) is 4.50. The van der Waals surface area contributed by atoms with Gasteiger partial charge in [0.25, 0.3) is 0 Å². The summed E-state index contributed by atoms with van der Waals surface area (Å²) < 4.78 is 38.4. The quantitative estimate of drug-likeness (QED) is 0.835. The van der Waals surface area contributed by atoms with Gasteiger partial charge in [-0.2, -0.15) is 13.2 Å². The zero-order valence-corrected chi connectivity index (χ0v) is 11.9. The van der Waals surface area contributed by atoms with Crippen LogP contribution in [0.25, 0.3) is 0 Å². The molecule has 0 aliphatic heterocycles. The maximum Gasteiger partial charge on any atom is 0.391 e. The molecule has 1 aliphatic carbocycles. The lowest BCUT2D eigenvalue weighted by atomic mass is 9.76. The van der Waals surface area contributed by atoms with E-state index in [1.807, 2.05) is 32.0 Å². The van der Waals surface area contributed by atoms with Crippen molar-refractivity contribution in [2.75, 3.05) is 0 Å². The molecule has 0 aromatic heterocycles. The normalized spacial score (nSPS) is 25.5. The minimum atomic E-state index is -4.14. The molecule has 1 aliphatic rings. The van der Waals surface area contributed by atoms with Crippen LogP contribution in [0.4, 0.5) is 13.2 Å². The molecule has 0 saturated heterocycles. The third kappa shape index (κ3) is 3.35. The number of rotatable bonds is 2. The van der Waals surface area contributed by atoms with Crippen molar-refractivity contribution in [1.82, 2.24) is 0 Å². The second-order valence-electron chi connectivity index (χ2n) is 5.95. The zero-order chi connectivity index (χ0) is 14.9. The summed E-state index contributed by atoms with van der Waals surface area (Å²) in [6, 6.07) is 5.62. The molecule has 20 heavy (non-hydrogen) atoms. The molecule has 1 nitrogen and oxygen atoms in total. The van der Waals surface area contributed by atoms with Crippen molar-refractivity contribution < 1.29 is 18.3 Å². The summed E-state index contributed by atoms with van der Waals surface area (Å²) in [6.07, 6.45) is -3.49. The van der Waals surface area contributed by atoms with Gasteiger partial charge in [0.2, 0.25) is 0 Å². The fourth-order valence-corrected chi connectivity index (χ4v) is 3.03. The lowest BCUT2D eigenvalue weighted by Gasteiger charge is -2.33. The molecule has 112 valence electrons. The Hall–Kier alpha value is -1.03. The summed E-state index contributed by atoms with van der Waals surface area (Å²) in [5.74, 6) is -1.56. The Morgan fingerprint density at radius 3 is 2.45 bits per heavy atom. The number of aryl methyl sites for hydroxylation is 2. The Morgan fingerprint density at radius 1 is 1.15 bits per heavy atom. The van der Waals surface area contributed by atoms with Crippen molar-refractivity contribution in [2.24, 2.45) is 11.8 Å². The Labute approximate surface area is 117 Å². The molecule has 0 radical (unpaired) electrons. The molecule has 1 N–H and O–H groups in total. The van der Waals surface area contributed by atoms with Crippen LogP contribution < -0.4 is 0 Å². The van der Waals surface area contributed by atoms with E-state index in [1.165, 1.54) is 0 Å². The minimum Gasteiger partial charge on any atom is -0.388 e. The molecule has 3 unspecified atom stereocenters. The van der Waals surface area contributed by atoms with E-state index in [2.05, 4.69) is 0 Å². The predicted octanol–water partition coefficient (Wildman–Crippen LogP) is 4.71. The van der Waals surface area contributed by atoms with Crippen LogP contribution in [0.2, 0.25) is 0 Å². The molecule has 0 bridgehead atoms. The van der Waals surface area contributed by atoms with Gasteiger partial charge in [-0.1, -0.05) is 24.6 Å². The van der Waals surface area contributed by atoms with Crippen molar-refractivity contribution in [3.05, 3.63) is 34.9 Å². The molecule has 4 heteroatoms. The topological polar surface area (TPSA) is 20.2 Å². The summed E-state index contributed by atoms with van der Waals surface area (Å²) in [5.41, 5.74) is 2.92. The molecule has 0 spiro atoms. The van der Waals surface area contributed by atoms with Gasteiger partial charge in [0.05, 0.1) is 12.0 Å². The average molecular weight is 286 g/mol. The second kappa shape index (κ2) is 5.76. The monoisotopic (exact) mass is 286 g/mol. The maximum absolute atomic E-state index is 12.8. The first-order valence-electron chi connectivity index (χ1n) is 7.11. The van der Waals surface area contributed by atoms with Crippen molar-refractivity contribution in [2.45, 2.75) is 51.8 Å². The van der Waals surface area contributed by atoms with Crippen LogP contribution >= 0.6 is 0 Å². The number of aliphatic hydroxyl groups excluding tert-OH is 1. The van der Waals surface area contributed by atoms with Gasteiger partial charge in [-0.05, 0) is 55.7 Å². The maximum atomic E-state index is 12.8. The van der Waals surface area contributed by atoms with Gasteiger partial charge in [-0.3, -0.25) is 0 Å². The first kappa shape index (κ1) is 15.4. The number of halogens is 3. The van der Waals surface area contributed by atoms with Crippen LogP contribution in [0.5, 0.6) is 0 Å². The highest BCUT2D eigenvalue weighted by atomic mass is 19.4. The molecule has 1 fully saturated rings. The third-order valence-electron chi connectivity index (χ3n) is 4.50. The SMILES string of the molecule is Cc1ccc(C(O)C2CCCC(C(F)(F)F)C2)cc1C. The lowest BCUT2D eigenvalue weighted by molar-refractivity contribution is -0.189. The van der Waals surface area contributed by atoms with Crippen LogP contribution in [0.3, 0.4) is 0 Å². The highest BCUT2D eigenvalue weighted by Crippen LogP contribution is 2.43. The van der Waals surface area contributed by atoms with Gasteiger partial charge in [0, 0.05) is 0 Å². The summed E-state index contributed by atoms with van der Waals surface area (Å²) >= 11 is 0. The number of alkyl halides is 3. The Balaban J connectivity index is 2.12. The Morgan fingerprint density at radius 2 is 1.85 bits per heavy atom. The van der Waals surface area contributed by atoms with Crippen molar-refractivity contribution in [3.63, 3.8) is 0 Å². The molecule has 2 rings (SSSR count). The number of benzene rings is 1. The van der Waals surface area contributed by atoms with Gasteiger partial charge in [0.1, 0.15) is 0 Å². The van der Waals surface area contributed by atoms with Crippen LogP contribution in [-0.4, -0.2) is 11.3 Å². The predicted molar refractivity (Wildman–Crippen MR) is 72.4 cm³/mol. The van der Waals surface area contributed by atoms with Crippen LogP contribution in [-0.2, 0) is 0 Å². The fraction of sp³-hybridized carbons (Fsp3) is 0.625. The van der Waals surface area contributed by atoms with Crippen molar-refractivity contribution in [3.8, 4) is 0 Å². The van der Waals surface area contributed by atoms with E-state index in [-0.39, 0.29) is 18.8 Å². The van der Waals surface area contributed by atoms with E-state index in [0.29, 0.717) is 12.8 Å². The molecular weight excluding hydrogens is 265 g/mol. The molecule has 1 aromatic carbocycles. The number of hydrogen-bond acceptors (Lipinski definition) is 1. The van der Waals surface area contributed by atoms with Gasteiger partial charge in [-0.25, -0.2) is 0 Å².